The van der Waals surface area contributed by atoms with E-state index < -0.39 is 4.92 Å². The molecule has 2 rings (SSSR count). The number of hydrogen-bond donors (Lipinski definition) is 0. The van der Waals surface area contributed by atoms with Crippen molar-refractivity contribution in [1.29, 1.82) is 0 Å². The van der Waals surface area contributed by atoms with Gasteiger partial charge >= 0.3 is 5.97 Å². The lowest BCUT2D eigenvalue weighted by Gasteiger charge is -2.33. The standard InChI is InChI=1S/C14H17ClN2O4/c1-21-14(18)13-4-2-3-7-16(13)9-10-8-11(15)5-6-12(10)17(19)20/h5-6,8,13H,2-4,7,9H2,1H3/t13-/m1/s1. The van der Waals surface area contributed by atoms with Crippen LogP contribution < -0.4 is 0 Å². The molecule has 0 aromatic heterocycles. The molecular weight excluding hydrogens is 296 g/mol. The molecule has 1 fully saturated rings. The normalized spacial score (nSPS) is 19.2. The van der Waals surface area contributed by atoms with E-state index >= 15 is 0 Å². The molecule has 114 valence electrons. The monoisotopic (exact) mass is 312 g/mol. The van der Waals surface area contributed by atoms with Crippen LogP contribution in [0.4, 0.5) is 5.69 Å². The number of carbonyl (C=O) groups excluding carboxylic acids is 1. The third kappa shape index (κ3) is 3.71. The van der Waals surface area contributed by atoms with E-state index in [0.29, 0.717) is 30.1 Å². The number of nitrogens with zero attached hydrogens (tertiary/aromatic N) is 2. The first-order chi connectivity index (χ1) is 10.0. The first-order valence-electron chi connectivity index (χ1n) is 6.77. The van der Waals surface area contributed by atoms with Gasteiger partial charge in [-0.25, -0.2) is 0 Å². The van der Waals surface area contributed by atoms with Crippen LogP contribution in [0.1, 0.15) is 24.8 Å². The third-order valence-electron chi connectivity index (χ3n) is 3.70. The van der Waals surface area contributed by atoms with Gasteiger partial charge in [-0.15, -0.1) is 0 Å². The Hall–Kier alpha value is -1.66. The van der Waals surface area contributed by atoms with Gasteiger partial charge in [-0.3, -0.25) is 19.8 Å². The highest BCUT2D eigenvalue weighted by atomic mass is 35.5. The van der Waals surface area contributed by atoms with Crippen molar-refractivity contribution in [3.05, 3.63) is 38.9 Å². The molecule has 1 aliphatic rings. The minimum atomic E-state index is -0.428. The van der Waals surface area contributed by atoms with Crippen LogP contribution in [0.2, 0.25) is 5.02 Å². The quantitative estimate of drug-likeness (QED) is 0.485. The van der Waals surface area contributed by atoms with E-state index in [9.17, 15) is 14.9 Å². The van der Waals surface area contributed by atoms with Gasteiger partial charge in [0, 0.05) is 23.2 Å². The number of nitro benzene ring substituents is 1. The molecule has 1 aromatic rings. The van der Waals surface area contributed by atoms with Crippen molar-refractivity contribution in [3.63, 3.8) is 0 Å². The maximum absolute atomic E-state index is 11.8. The molecule has 1 atom stereocenters. The van der Waals surface area contributed by atoms with E-state index in [4.69, 9.17) is 16.3 Å². The summed E-state index contributed by atoms with van der Waals surface area (Å²) in [6.07, 6.45) is 2.62. The van der Waals surface area contributed by atoms with Gasteiger partial charge in [0.2, 0.25) is 0 Å². The second-order valence-electron chi connectivity index (χ2n) is 5.04. The number of carbonyl (C=O) groups is 1. The Kier molecular flexibility index (Phi) is 5.14. The van der Waals surface area contributed by atoms with Crippen LogP contribution in [0, 0.1) is 10.1 Å². The summed E-state index contributed by atoms with van der Waals surface area (Å²) in [7, 11) is 1.36. The molecule has 0 bridgehead atoms. The summed E-state index contributed by atoms with van der Waals surface area (Å²) in [5, 5.41) is 11.5. The highest BCUT2D eigenvalue weighted by Crippen LogP contribution is 2.27. The topological polar surface area (TPSA) is 72.7 Å². The first-order valence-corrected chi connectivity index (χ1v) is 7.15. The Morgan fingerprint density at radius 1 is 1.52 bits per heavy atom. The van der Waals surface area contributed by atoms with Crippen LogP contribution >= 0.6 is 11.6 Å². The number of piperidine rings is 1. The molecule has 0 amide bonds. The zero-order valence-electron chi connectivity index (χ0n) is 11.8. The Bertz CT molecular complexity index is 550. The predicted molar refractivity (Wildman–Crippen MR) is 78.2 cm³/mol. The van der Waals surface area contributed by atoms with Crippen molar-refractivity contribution < 1.29 is 14.5 Å². The minimum absolute atomic E-state index is 0.0218. The summed E-state index contributed by atoms with van der Waals surface area (Å²) in [5.41, 5.74) is 0.539. The molecule has 0 N–H and O–H groups in total. The van der Waals surface area contributed by atoms with Gasteiger partial charge in [-0.05, 0) is 31.5 Å². The van der Waals surface area contributed by atoms with Crippen molar-refractivity contribution in [3.8, 4) is 0 Å². The Labute approximate surface area is 127 Å². The first kappa shape index (κ1) is 15.7. The molecule has 6 nitrogen and oxygen atoms in total. The molecule has 1 saturated heterocycles. The molecule has 1 aromatic carbocycles. The third-order valence-corrected chi connectivity index (χ3v) is 3.93. The van der Waals surface area contributed by atoms with E-state index in [2.05, 4.69) is 0 Å². The molecule has 21 heavy (non-hydrogen) atoms. The predicted octanol–water partition coefficient (Wildman–Crippen LogP) is 2.78. The van der Waals surface area contributed by atoms with Gasteiger partial charge in [0.05, 0.1) is 12.0 Å². The van der Waals surface area contributed by atoms with Crippen LogP contribution in [0.3, 0.4) is 0 Å². The summed E-state index contributed by atoms with van der Waals surface area (Å²) >= 11 is 5.93. The Balaban J connectivity index is 2.24. The van der Waals surface area contributed by atoms with Gasteiger partial charge in [0.25, 0.3) is 5.69 Å². The largest absolute Gasteiger partial charge is 0.468 e. The van der Waals surface area contributed by atoms with Crippen LogP contribution in [-0.2, 0) is 16.1 Å². The van der Waals surface area contributed by atoms with Gasteiger partial charge < -0.3 is 4.74 Å². The van der Waals surface area contributed by atoms with Crippen LogP contribution in [-0.4, -0.2) is 35.5 Å². The maximum atomic E-state index is 11.8. The maximum Gasteiger partial charge on any atom is 0.323 e. The number of halogens is 1. The number of hydrogen-bond acceptors (Lipinski definition) is 5. The highest BCUT2D eigenvalue weighted by Gasteiger charge is 2.30. The molecule has 0 spiro atoms. The summed E-state index contributed by atoms with van der Waals surface area (Å²) < 4.78 is 4.82. The molecule has 1 aliphatic heterocycles. The van der Waals surface area contributed by atoms with Crippen molar-refractivity contribution >= 4 is 23.3 Å². The van der Waals surface area contributed by atoms with Crippen molar-refractivity contribution in [2.45, 2.75) is 31.8 Å². The molecule has 0 unspecified atom stereocenters. The zero-order chi connectivity index (χ0) is 15.4. The van der Waals surface area contributed by atoms with E-state index in [1.54, 1.807) is 6.07 Å². The second-order valence-corrected chi connectivity index (χ2v) is 5.47. The number of methoxy groups -OCH3 is 1. The fraction of sp³-hybridized carbons (Fsp3) is 0.500. The molecular formula is C14H17ClN2O4. The SMILES string of the molecule is COC(=O)[C@H]1CCCCN1Cc1cc(Cl)ccc1[N+](=O)[O-]. The summed E-state index contributed by atoms with van der Waals surface area (Å²) in [6, 6.07) is 4.14. The fourth-order valence-corrected chi connectivity index (χ4v) is 2.86. The van der Waals surface area contributed by atoms with Gasteiger partial charge in [0.1, 0.15) is 6.04 Å². The number of benzene rings is 1. The number of ether oxygens (including phenoxy) is 1. The van der Waals surface area contributed by atoms with Crippen LogP contribution in [0.5, 0.6) is 0 Å². The summed E-state index contributed by atoms with van der Waals surface area (Å²) in [4.78, 5) is 24.4. The van der Waals surface area contributed by atoms with Gasteiger partial charge in [-0.1, -0.05) is 18.0 Å². The fourth-order valence-electron chi connectivity index (χ4n) is 2.66. The van der Waals surface area contributed by atoms with E-state index in [0.717, 1.165) is 12.8 Å². The Morgan fingerprint density at radius 2 is 2.29 bits per heavy atom. The van der Waals surface area contributed by atoms with Crippen molar-refractivity contribution in [2.75, 3.05) is 13.7 Å². The lowest BCUT2D eigenvalue weighted by Crippen LogP contribution is -2.44. The minimum Gasteiger partial charge on any atom is -0.468 e. The van der Waals surface area contributed by atoms with Gasteiger partial charge in [-0.2, -0.15) is 0 Å². The average molecular weight is 313 g/mol. The van der Waals surface area contributed by atoms with E-state index in [1.165, 1.54) is 19.2 Å². The number of nitro groups is 1. The second kappa shape index (κ2) is 6.87. The lowest BCUT2D eigenvalue weighted by molar-refractivity contribution is -0.385. The number of rotatable bonds is 4. The lowest BCUT2D eigenvalue weighted by atomic mass is 10.0. The average Bonchev–Trinajstić information content (AvgIpc) is 2.47. The molecule has 1 heterocycles. The van der Waals surface area contributed by atoms with E-state index in [1.807, 2.05) is 4.90 Å². The molecule has 0 radical (unpaired) electrons. The van der Waals surface area contributed by atoms with Gasteiger partial charge in [0.15, 0.2) is 0 Å². The molecule has 0 aliphatic carbocycles. The molecule has 7 heteroatoms. The van der Waals surface area contributed by atoms with Crippen LogP contribution in [0.25, 0.3) is 0 Å². The number of likely N-dealkylation sites (tertiary alicyclic amines) is 1. The van der Waals surface area contributed by atoms with Crippen molar-refractivity contribution in [1.82, 2.24) is 4.90 Å². The summed E-state index contributed by atoms with van der Waals surface area (Å²) in [6.45, 7) is 1.03. The van der Waals surface area contributed by atoms with Crippen LogP contribution in [0.15, 0.2) is 18.2 Å². The molecule has 0 saturated carbocycles. The number of esters is 1. The Morgan fingerprint density at radius 3 is 2.95 bits per heavy atom. The highest BCUT2D eigenvalue weighted by molar-refractivity contribution is 6.30. The summed E-state index contributed by atoms with van der Waals surface area (Å²) in [5.74, 6) is -0.292. The van der Waals surface area contributed by atoms with E-state index in [-0.39, 0.29) is 17.7 Å². The van der Waals surface area contributed by atoms with Crippen molar-refractivity contribution in [2.24, 2.45) is 0 Å². The smallest absolute Gasteiger partial charge is 0.323 e. The zero-order valence-corrected chi connectivity index (χ0v) is 12.5.